The molecule has 2 aliphatic heterocycles. The second-order valence-corrected chi connectivity index (χ2v) is 6.93. The Hall–Kier alpha value is -2.31. The Balaban J connectivity index is 1.48. The molecule has 0 unspecified atom stereocenters. The summed E-state index contributed by atoms with van der Waals surface area (Å²) in [5, 5.41) is 0. The van der Waals surface area contributed by atoms with Crippen LogP contribution in [0.15, 0.2) is 36.5 Å². The predicted molar refractivity (Wildman–Crippen MR) is 96.5 cm³/mol. The molecule has 0 radical (unpaired) electrons. The first-order valence-electron chi connectivity index (χ1n) is 8.95. The summed E-state index contributed by atoms with van der Waals surface area (Å²) in [4.78, 5) is 21.1. The molecule has 2 saturated heterocycles. The number of likely N-dealkylation sites (tertiary alicyclic amines) is 1. The molecular formula is C20H22FN3O2. The van der Waals surface area contributed by atoms with E-state index in [1.54, 1.807) is 17.2 Å². The number of ether oxygens (including phenoxy) is 1. The zero-order valence-corrected chi connectivity index (χ0v) is 14.8. The number of hydrogen-bond acceptors (Lipinski definition) is 4. The van der Waals surface area contributed by atoms with Crippen molar-refractivity contribution in [2.24, 2.45) is 0 Å². The molecule has 0 spiro atoms. The highest BCUT2D eigenvalue weighted by Crippen LogP contribution is 2.25. The minimum Gasteiger partial charge on any atom is -0.379 e. The smallest absolute Gasteiger partial charge is 0.254 e. The van der Waals surface area contributed by atoms with Crippen LogP contribution < -0.4 is 0 Å². The molecule has 5 nitrogen and oxygen atoms in total. The highest BCUT2D eigenvalue weighted by Gasteiger charge is 2.35. The van der Waals surface area contributed by atoms with Gasteiger partial charge in [-0.1, -0.05) is 0 Å². The average molecular weight is 355 g/mol. The van der Waals surface area contributed by atoms with Crippen LogP contribution in [0.25, 0.3) is 11.1 Å². The zero-order chi connectivity index (χ0) is 18.1. The van der Waals surface area contributed by atoms with E-state index in [4.69, 9.17) is 4.74 Å². The van der Waals surface area contributed by atoms with Crippen molar-refractivity contribution in [1.29, 1.82) is 0 Å². The van der Waals surface area contributed by atoms with Gasteiger partial charge in [0.1, 0.15) is 5.82 Å². The fourth-order valence-corrected chi connectivity index (χ4v) is 3.58. The van der Waals surface area contributed by atoms with E-state index in [0.29, 0.717) is 30.3 Å². The van der Waals surface area contributed by atoms with Crippen molar-refractivity contribution in [2.45, 2.75) is 13.0 Å². The number of rotatable bonds is 3. The van der Waals surface area contributed by atoms with Gasteiger partial charge in [0.15, 0.2) is 0 Å². The number of aryl methyl sites for hydroxylation is 1. The van der Waals surface area contributed by atoms with E-state index in [0.717, 1.165) is 37.6 Å². The molecule has 0 bridgehead atoms. The van der Waals surface area contributed by atoms with Gasteiger partial charge in [-0.25, -0.2) is 4.39 Å². The molecule has 26 heavy (non-hydrogen) atoms. The summed E-state index contributed by atoms with van der Waals surface area (Å²) in [7, 11) is 0. The minimum atomic E-state index is -0.398. The van der Waals surface area contributed by atoms with Gasteiger partial charge in [-0.05, 0) is 48.4 Å². The van der Waals surface area contributed by atoms with E-state index in [9.17, 15) is 9.18 Å². The second-order valence-electron chi connectivity index (χ2n) is 6.93. The van der Waals surface area contributed by atoms with Gasteiger partial charge in [0.25, 0.3) is 5.91 Å². The van der Waals surface area contributed by atoms with Crippen molar-refractivity contribution in [3.05, 3.63) is 53.6 Å². The molecule has 0 saturated carbocycles. The quantitative estimate of drug-likeness (QED) is 0.848. The van der Waals surface area contributed by atoms with Gasteiger partial charge < -0.3 is 9.64 Å². The lowest BCUT2D eigenvalue weighted by Gasteiger charge is -2.46. The molecule has 6 heteroatoms. The Bertz CT molecular complexity index is 814. The molecule has 0 aliphatic carbocycles. The third kappa shape index (κ3) is 3.48. The molecule has 3 heterocycles. The van der Waals surface area contributed by atoms with Crippen molar-refractivity contribution >= 4 is 5.91 Å². The van der Waals surface area contributed by atoms with Gasteiger partial charge >= 0.3 is 0 Å². The minimum absolute atomic E-state index is 0.110. The Morgan fingerprint density at radius 1 is 1.15 bits per heavy atom. The molecule has 1 aromatic carbocycles. The second kappa shape index (κ2) is 7.13. The molecule has 2 aromatic rings. The molecule has 0 N–H and O–H groups in total. The fraction of sp³-hybridized carbons (Fsp3) is 0.400. The van der Waals surface area contributed by atoms with Gasteiger partial charge in [0, 0.05) is 49.7 Å². The lowest BCUT2D eigenvalue weighted by molar-refractivity contribution is -0.0256. The van der Waals surface area contributed by atoms with Gasteiger partial charge in [-0.2, -0.15) is 0 Å². The van der Waals surface area contributed by atoms with Crippen LogP contribution in [0, 0.1) is 12.7 Å². The Labute approximate surface area is 152 Å². The van der Waals surface area contributed by atoms with Crippen LogP contribution in [0.3, 0.4) is 0 Å². The summed E-state index contributed by atoms with van der Waals surface area (Å²) in [6.07, 6.45) is 1.69. The maximum absolute atomic E-state index is 14.1. The molecule has 2 fully saturated rings. The highest BCUT2D eigenvalue weighted by molar-refractivity contribution is 5.96. The predicted octanol–water partition coefficient (Wildman–Crippen LogP) is 2.35. The van der Waals surface area contributed by atoms with Crippen LogP contribution >= 0.6 is 0 Å². The summed E-state index contributed by atoms with van der Waals surface area (Å²) in [5.41, 5.74) is 2.82. The number of carbonyl (C=O) groups is 1. The van der Waals surface area contributed by atoms with Gasteiger partial charge in [-0.3, -0.25) is 14.7 Å². The third-order valence-electron chi connectivity index (χ3n) is 5.09. The van der Waals surface area contributed by atoms with Crippen molar-refractivity contribution < 1.29 is 13.9 Å². The van der Waals surface area contributed by atoms with Crippen LogP contribution in [0.4, 0.5) is 4.39 Å². The molecule has 1 aromatic heterocycles. The first-order valence-corrected chi connectivity index (χ1v) is 8.95. The normalized spacial score (nSPS) is 18.6. The van der Waals surface area contributed by atoms with Gasteiger partial charge in [-0.15, -0.1) is 0 Å². The lowest BCUT2D eigenvalue weighted by Crippen LogP contribution is -2.62. The van der Waals surface area contributed by atoms with E-state index < -0.39 is 5.82 Å². The van der Waals surface area contributed by atoms with Crippen LogP contribution in [0.2, 0.25) is 0 Å². The molecule has 2 aliphatic rings. The zero-order valence-electron chi connectivity index (χ0n) is 14.8. The van der Waals surface area contributed by atoms with E-state index in [1.165, 1.54) is 12.1 Å². The fourth-order valence-electron chi connectivity index (χ4n) is 3.58. The molecule has 1 amide bonds. The number of pyridine rings is 1. The first kappa shape index (κ1) is 17.1. The van der Waals surface area contributed by atoms with Crippen LogP contribution in [0.5, 0.6) is 0 Å². The van der Waals surface area contributed by atoms with Crippen LogP contribution in [-0.2, 0) is 4.74 Å². The molecule has 0 atom stereocenters. The van der Waals surface area contributed by atoms with Crippen molar-refractivity contribution in [2.75, 3.05) is 39.4 Å². The first-order chi connectivity index (χ1) is 12.6. The molecular weight excluding hydrogens is 333 g/mol. The summed E-state index contributed by atoms with van der Waals surface area (Å²) < 4.78 is 19.5. The van der Waals surface area contributed by atoms with E-state index in [2.05, 4.69) is 9.88 Å². The van der Waals surface area contributed by atoms with E-state index in [-0.39, 0.29) is 5.91 Å². The highest BCUT2D eigenvalue weighted by atomic mass is 19.1. The molecule has 4 rings (SSSR count). The van der Waals surface area contributed by atoms with Crippen LogP contribution in [0.1, 0.15) is 16.1 Å². The van der Waals surface area contributed by atoms with Crippen LogP contribution in [-0.4, -0.2) is 66.1 Å². The largest absolute Gasteiger partial charge is 0.379 e. The lowest BCUT2D eigenvalue weighted by atomic mass is 10.00. The van der Waals surface area contributed by atoms with Crippen molar-refractivity contribution in [3.8, 4) is 11.1 Å². The SMILES string of the molecule is Cc1cc(-c2cc(F)cc(C(=O)N3CC(N4CCOCC4)C3)c2)ccn1. The number of carbonyl (C=O) groups excluding carboxylic acids is 1. The van der Waals surface area contributed by atoms with E-state index >= 15 is 0 Å². The summed E-state index contributed by atoms with van der Waals surface area (Å²) in [6.45, 7) is 6.61. The number of halogens is 1. The third-order valence-corrected chi connectivity index (χ3v) is 5.09. The molecule has 136 valence electrons. The number of hydrogen-bond donors (Lipinski definition) is 0. The van der Waals surface area contributed by atoms with Crippen molar-refractivity contribution in [3.63, 3.8) is 0 Å². The number of nitrogens with zero attached hydrogens (tertiary/aromatic N) is 3. The number of benzene rings is 1. The van der Waals surface area contributed by atoms with Gasteiger partial charge in [0.05, 0.1) is 13.2 Å². The van der Waals surface area contributed by atoms with E-state index in [1.807, 2.05) is 19.1 Å². The summed E-state index contributed by atoms with van der Waals surface area (Å²) in [6, 6.07) is 8.65. The summed E-state index contributed by atoms with van der Waals surface area (Å²) >= 11 is 0. The van der Waals surface area contributed by atoms with Crippen molar-refractivity contribution in [1.82, 2.24) is 14.8 Å². The monoisotopic (exact) mass is 355 g/mol. The Morgan fingerprint density at radius 2 is 1.92 bits per heavy atom. The standard InChI is InChI=1S/C20H22FN3O2/c1-14-8-15(2-3-22-14)16-9-17(11-18(21)10-16)20(25)24-12-19(13-24)23-4-6-26-7-5-23/h2-3,8-11,19H,4-7,12-13H2,1H3. The topological polar surface area (TPSA) is 45.7 Å². The number of morpholine rings is 1. The Kier molecular flexibility index (Phi) is 4.70. The average Bonchev–Trinajstić information content (AvgIpc) is 2.61. The number of amides is 1. The summed E-state index contributed by atoms with van der Waals surface area (Å²) in [5.74, 6) is -0.508. The maximum atomic E-state index is 14.1. The Morgan fingerprint density at radius 3 is 2.65 bits per heavy atom. The maximum Gasteiger partial charge on any atom is 0.254 e. The number of aromatic nitrogens is 1. The van der Waals surface area contributed by atoms with Gasteiger partial charge in [0.2, 0.25) is 0 Å².